The summed E-state index contributed by atoms with van der Waals surface area (Å²) in [6.07, 6.45) is 6.69. The molecule has 2 nitrogen and oxygen atoms in total. The van der Waals surface area contributed by atoms with Crippen LogP contribution in [-0.4, -0.2) is 17.3 Å². The Kier molecular flexibility index (Phi) is 5.01. The minimum Gasteiger partial charge on any atom is -0.392 e. The van der Waals surface area contributed by atoms with E-state index in [0.717, 1.165) is 19.3 Å². The summed E-state index contributed by atoms with van der Waals surface area (Å²) < 4.78 is 0. The Balaban J connectivity index is 1.97. The first-order chi connectivity index (χ1) is 8.31. The number of hydrogen-bond acceptors (Lipinski definition) is 3. The maximum Gasteiger partial charge on any atom is 0.0693 e. The van der Waals surface area contributed by atoms with E-state index in [4.69, 9.17) is 0 Å². The van der Waals surface area contributed by atoms with Crippen molar-refractivity contribution in [3.8, 4) is 0 Å². The highest BCUT2D eigenvalue weighted by Crippen LogP contribution is 2.27. The molecule has 1 heterocycles. The van der Waals surface area contributed by atoms with Gasteiger partial charge in [-0.2, -0.15) is 0 Å². The SMILES string of the molecule is CCCC(N[C@H]1CCCC[C@@H]1O)c1cccs1. The largest absolute Gasteiger partial charge is 0.392 e. The van der Waals surface area contributed by atoms with Crippen molar-refractivity contribution in [3.05, 3.63) is 22.4 Å². The molecule has 0 bridgehead atoms. The summed E-state index contributed by atoms with van der Waals surface area (Å²) in [5.74, 6) is 0. The van der Waals surface area contributed by atoms with Crippen molar-refractivity contribution in [2.75, 3.05) is 0 Å². The molecule has 2 rings (SSSR count). The normalized spacial score (nSPS) is 26.9. The molecule has 0 aliphatic heterocycles. The van der Waals surface area contributed by atoms with E-state index in [9.17, 15) is 5.11 Å². The Hall–Kier alpha value is -0.380. The number of aliphatic hydroxyl groups is 1. The van der Waals surface area contributed by atoms with Gasteiger partial charge < -0.3 is 10.4 Å². The smallest absolute Gasteiger partial charge is 0.0693 e. The lowest BCUT2D eigenvalue weighted by Gasteiger charge is -2.32. The molecule has 1 aromatic rings. The van der Waals surface area contributed by atoms with Crippen LogP contribution < -0.4 is 5.32 Å². The van der Waals surface area contributed by atoms with Crippen LogP contribution in [0.2, 0.25) is 0 Å². The highest BCUT2D eigenvalue weighted by molar-refractivity contribution is 7.10. The van der Waals surface area contributed by atoms with Crippen LogP contribution in [0.1, 0.15) is 56.4 Å². The van der Waals surface area contributed by atoms with Crippen LogP contribution >= 0.6 is 11.3 Å². The predicted molar refractivity (Wildman–Crippen MR) is 73.4 cm³/mol. The highest BCUT2D eigenvalue weighted by Gasteiger charge is 2.25. The zero-order valence-electron chi connectivity index (χ0n) is 10.6. The van der Waals surface area contributed by atoms with Gasteiger partial charge in [-0.25, -0.2) is 0 Å². The molecule has 0 amide bonds. The molecule has 1 unspecified atom stereocenters. The summed E-state index contributed by atoms with van der Waals surface area (Å²) in [7, 11) is 0. The van der Waals surface area contributed by atoms with E-state index in [1.807, 2.05) is 11.3 Å². The Morgan fingerprint density at radius 2 is 2.29 bits per heavy atom. The van der Waals surface area contributed by atoms with Gasteiger partial charge in [0.05, 0.1) is 6.10 Å². The topological polar surface area (TPSA) is 32.3 Å². The number of nitrogens with one attached hydrogen (secondary N) is 1. The van der Waals surface area contributed by atoms with Crippen molar-refractivity contribution >= 4 is 11.3 Å². The van der Waals surface area contributed by atoms with Crippen molar-refractivity contribution < 1.29 is 5.11 Å². The minimum atomic E-state index is -0.150. The average Bonchev–Trinajstić information content (AvgIpc) is 2.85. The van der Waals surface area contributed by atoms with E-state index < -0.39 is 0 Å². The van der Waals surface area contributed by atoms with Gasteiger partial charge in [0.2, 0.25) is 0 Å². The molecule has 0 saturated heterocycles. The molecule has 1 fully saturated rings. The molecule has 1 saturated carbocycles. The van der Waals surface area contributed by atoms with E-state index in [1.54, 1.807) is 0 Å². The van der Waals surface area contributed by atoms with E-state index in [2.05, 4.69) is 29.8 Å². The number of rotatable bonds is 5. The quantitative estimate of drug-likeness (QED) is 0.842. The van der Waals surface area contributed by atoms with Gasteiger partial charge in [-0.15, -0.1) is 11.3 Å². The van der Waals surface area contributed by atoms with E-state index in [-0.39, 0.29) is 6.10 Å². The Morgan fingerprint density at radius 3 is 2.94 bits per heavy atom. The molecular weight excluding hydrogens is 230 g/mol. The second-order valence-electron chi connectivity index (χ2n) is 4.98. The molecule has 17 heavy (non-hydrogen) atoms. The van der Waals surface area contributed by atoms with E-state index in [0.29, 0.717) is 12.1 Å². The van der Waals surface area contributed by atoms with Gasteiger partial charge in [0.25, 0.3) is 0 Å². The van der Waals surface area contributed by atoms with Crippen LogP contribution in [-0.2, 0) is 0 Å². The molecule has 0 spiro atoms. The van der Waals surface area contributed by atoms with Crippen LogP contribution in [0.25, 0.3) is 0 Å². The summed E-state index contributed by atoms with van der Waals surface area (Å²) >= 11 is 1.82. The molecular formula is C14H23NOS. The zero-order valence-corrected chi connectivity index (χ0v) is 11.4. The Morgan fingerprint density at radius 1 is 1.47 bits per heavy atom. The third kappa shape index (κ3) is 3.54. The standard InChI is InChI=1S/C14H23NOS/c1-2-6-12(14-9-5-10-17-14)15-11-7-3-4-8-13(11)16/h5,9-13,15-16H,2-4,6-8H2,1H3/t11-,12?,13-/m0/s1. The van der Waals surface area contributed by atoms with Crippen LogP contribution in [0.4, 0.5) is 0 Å². The maximum absolute atomic E-state index is 10.0. The van der Waals surface area contributed by atoms with Crippen molar-refractivity contribution in [2.24, 2.45) is 0 Å². The summed E-state index contributed by atoms with van der Waals surface area (Å²) in [6, 6.07) is 5.04. The summed E-state index contributed by atoms with van der Waals surface area (Å²) in [4.78, 5) is 1.41. The van der Waals surface area contributed by atoms with E-state index >= 15 is 0 Å². The molecule has 1 aromatic heterocycles. The molecule has 1 aliphatic carbocycles. The van der Waals surface area contributed by atoms with Gasteiger partial charge in [0.1, 0.15) is 0 Å². The monoisotopic (exact) mass is 253 g/mol. The van der Waals surface area contributed by atoms with Crippen molar-refractivity contribution in [1.29, 1.82) is 0 Å². The molecule has 3 heteroatoms. The first-order valence-corrected chi connectivity index (χ1v) is 7.66. The van der Waals surface area contributed by atoms with Crippen LogP contribution in [0.3, 0.4) is 0 Å². The second kappa shape index (κ2) is 6.53. The first-order valence-electron chi connectivity index (χ1n) is 6.78. The number of thiophene rings is 1. The average molecular weight is 253 g/mol. The molecule has 2 N–H and O–H groups in total. The van der Waals surface area contributed by atoms with Crippen molar-refractivity contribution in [1.82, 2.24) is 5.32 Å². The lowest BCUT2D eigenvalue weighted by Crippen LogP contribution is -2.43. The Bertz CT molecular complexity index is 312. The fraction of sp³-hybridized carbons (Fsp3) is 0.714. The lowest BCUT2D eigenvalue weighted by atomic mass is 9.91. The van der Waals surface area contributed by atoms with Gasteiger partial charge in [-0.05, 0) is 30.7 Å². The maximum atomic E-state index is 10.0. The number of aliphatic hydroxyl groups excluding tert-OH is 1. The summed E-state index contributed by atoms with van der Waals surface area (Å²) in [5, 5.41) is 15.8. The summed E-state index contributed by atoms with van der Waals surface area (Å²) in [5.41, 5.74) is 0. The Labute approximate surface area is 108 Å². The van der Waals surface area contributed by atoms with Gasteiger partial charge >= 0.3 is 0 Å². The molecule has 0 aromatic carbocycles. The molecule has 3 atom stereocenters. The van der Waals surface area contributed by atoms with Crippen LogP contribution in [0, 0.1) is 0 Å². The van der Waals surface area contributed by atoms with Crippen molar-refractivity contribution in [3.63, 3.8) is 0 Å². The highest BCUT2D eigenvalue weighted by atomic mass is 32.1. The van der Waals surface area contributed by atoms with Crippen molar-refractivity contribution in [2.45, 2.75) is 63.6 Å². The van der Waals surface area contributed by atoms with E-state index in [1.165, 1.54) is 24.1 Å². The summed E-state index contributed by atoms with van der Waals surface area (Å²) in [6.45, 7) is 2.22. The van der Waals surface area contributed by atoms with Gasteiger partial charge in [0.15, 0.2) is 0 Å². The minimum absolute atomic E-state index is 0.150. The van der Waals surface area contributed by atoms with Gasteiger partial charge in [-0.1, -0.05) is 32.3 Å². The molecule has 1 aliphatic rings. The molecule has 0 radical (unpaired) electrons. The predicted octanol–water partition coefficient (Wildman–Crippen LogP) is 3.48. The third-order valence-corrected chi connectivity index (χ3v) is 4.59. The fourth-order valence-electron chi connectivity index (χ4n) is 2.65. The number of hydrogen-bond donors (Lipinski definition) is 2. The zero-order chi connectivity index (χ0) is 12.1. The molecule has 96 valence electrons. The van der Waals surface area contributed by atoms with Gasteiger partial charge in [0, 0.05) is 17.0 Å². The third-order valence-electron chi connectivity index (χ3n) is 3.61. The van der Waals surface area contributed by atoms with Crippen LogP contribution in [0.15, 0.2) is 17.5 Å². The second-order valence-corrected chi connectivity index (χ2v) is 5.96. The lowest BCUT2D eigenvalue weighted by molar-refractivity contribution is 0.0843. The fourth-order valence-corrected chi connectivity index (χ4v) is 3.47. The first kappa shape index (κ1) is 13.1. The van der Waals surface area contributed by atoms with Crippen LogP contribution in [0.5, 0.6) is 0 Å². The van der Waals surface area contributed by atoms with Gasteiger partial charge in [-0.3, -0.25) is 0 Å².